The quantitative estimate of drug-likeness (QED) is 0.130. The van der Waals surface area contributed by atoms with Crippen LogP contribution in [0.4, 0.5) is 0 Å². The van der Waals surface area contributed by atoms with Crippen LogP contribution < -0.4 is 16.7 Å². The van der Waals surface area contributed by atoms with Crippen molar-refractivity contribution < 1.29 is 19.6 Å². The maximum Gasteiger partial charge on any atom is 0.248 e. The smallest absolute Gasteiger partial charge is 0.248 e. The molecule has 35 heavy (non-hydrogen) atoms. The van der Waals surface area contributed by atoms with Crippen molar-refractivity contribution in [2.45, 2.75) is 54.4 Å². The largest absolute Gasteiger partial charge is 0.297 e. The van der Waals surface area contributed by atoms with Crippen LogP contribution in [0.1, 0.15) is 59.9 Å². The van der Waals surface area contributed by atoms with E-state index in [0.29, 0.717) is 25.9 Å². The van der Waals surface area contributed by atoms with Crippen molar-refractivity contribution in [3.63, 3.8) is 0 Å². The van der Waals surface area contributed by atoms with Crippen molar-refractivity contribution in [3.05, 3.63) is 42.0 Å². The van der Waals surface area contributed by atoms with Gasteiger partial charge in [-0.15, -0.1) is 0 Å². The standard InChI is InChI=1S/C27H44N4O4/c1-7-31(8-2)18-23(32)27(17-20(5)6,15-14-21-12-10-9-11-13-21)24(26(34)30-35)22(16-19(3)4)25(33)29-28/h9-15,19-20,22,24,35H,7-8,16-18,28H2,1-6H3,(H,29,33)(H,30,34)/b15-14+/t22-,24-,27?/m1/s1. The molecule has 1 aromatic rings. The molecular weight excluding hydrogens is 444 g/mol. The second kappa shape index (κ2) is 14.8. The Hall–Kier alpha value is -2.55. The van der Waals surface area contributed by atoms with Crippen molar-refractivity contribution in [2.24, 2.45) is 34.9 Å². The summed E-state index contributed by atoms with van der Waals surface area (Å²) in [6.07, 6.45) is 4.23. The van der Waals surface area contributed by atoms with E-state index in [1.54, 1.807) is 11.6 Å². The SMILES string of the molecule is CCN(CC)CC(=O)C(/C=C/c1ccccc1)(CC(C)C)[C@@H](C(=O)NO)[C@@H](CC(C)C)C(=O)NN. The number of hydrazine groups is 1. The van der Waals surface area contributed by atoms with Crippen molar-refractivity contribution >= 4 is 23.7 Å². The molecule has 196 valence electrons. The number of allylic oxidation sites excluding steroid dienone is 1. The molecule has 0 radical (unpaired) electrons. The summed E-state index contributed by atoms with van der Waals surface area (Å²) < 4.78 is 0. The highest BCUT2D eigenvalue weighted by molar-refractivity contribution is 5.97. The molecule has 1 unspecified atom stereocenters. The van der Waals surface area contributed by atoms with Crippen LogP contribution in [0.25, 0.3) is 6.08 Å². The molecule has 2 amide bonds. The third kappa shape index (κ3) is 8.56. The van der Waals surface area contributed by atoms with Crippen molar-refractivity contribution in [3.8, 4) is 0 Å². The van der Waals surface area contributed by atoms with Crippen LogP contribution in [0.15, 0.2) is 36.4 Å². The first kappa shape index (κ1) is 30.5. The van der Waals surface area contributed by atoms with E-state index < -0.39 is 29.1 Å². The molecule has 1 aromatic carbocycles. The molecule has 8 heteroatoms. The number of ketones is 1. The summed E-state index contributed by atoms with van der Waals surface area (Å²) in [6.45, 7) is 13.2. The second-order valence-electron chi connectivity index (χ2n) is 9.97. The van der Waals surface area contributed by atoms with E-state index >= 15 is 0 Å². The first-order valence-corrected chi connectivity index (χ1v) is 12.5. The van der Waals surface area contributed by atoms with Crippen molar-refractivity contribution in [1.29, 1.82) is 0 Å². The summed E-state index contributed by atoms with van der Waals surface area (Å²) in [5.41, 5.74) is 3.44. The van der Waals surface area contributed by atoms with Gasteiger partial charge in [0.25, 0.3) is 0 Å². The minimum atomic E-state index is -1.36. The number of carbonyl (C=O) groups excluding carboxylic acids is 3. The Morgan fingerprint density at radius 1 is 1.03 bits per heavy atom. The van der Waals surface area contributed by atoms with Gasteiger partial charge in [-0.2, -0.15) is 0 Å². The molecule has 0 aliphatic heterocycles. The molecule has 8 nitrogen and oxygen atoms in total. The first-order chi connectivity index (χ1) is 16.6. The lowest BCUT2D eigenvalue weighted by Gasteiger charge is -2.42. The molecule has 0 bridgehead atoms. The Labute approximate surface area is 210 Å². The highest BCUT2D eigenvalue weighted by Gasteiger charge is 2.52. The Kier molecular flexibility index (Phi) is 12.9. The maximum atomic E-state index is 14.2. The van der Waals surface area contributed by atoms with E-state index in [9.17, 15) is 19.6 Å². The molecule has 1 rings (SSSR count). The van der Waals surface area contributed by atoms with E-state index in [4.69, 9.17) is 5.84 Å². The summed E-state index contributed by atoms with van der Waals surface area (Å²) in [6, 6.07) is 9.50. The van der Waals surface area contributed by atoms with E-state index in [2.05, 4.69) is 5.43 Å². The lowest BCUT2D eigenvalue weighted by atomic mass is 9.61. The number of nitrogens with two attached hydrogens (primary N) is 1. The zero-order valence-electron chi connectivity index (χ0n) is 22.1. The molecule has 0 aliphatic rings. The van der Waals surface area contributed by atoms with Gasteiger partial charge in [0.05, 0.1) is 23.8 Å². The molecule has 5 N–H and O–H groups in total. The number of hydroxylamine groups is 1. The summed E-state index contributed by atoms with van der Waals surface area (Å²) in [4.78, 5) is 42.6. The van der Waals surface area contributed by atoms with Crippen LogP contribution >= 0.6 is 0 Å². The van der Waals surface area contributed by atoms with Crippen LogP contribution in [0.5, 0.6) is 0 Å². The zero-order valence-corrected chi connectivity index (χ0v) is 22.1. The average molecular weight is 489 g/mol. The van der Waals surface area contributed by atoms with E-state index in [-0.39, 0.29) is 24.2 Å². The number of hydrogen-bond donors (Lipinski definition) is 4. The van der Waals surface area contributed by atoms with Crippen LogP contribution in [0.3, 0.4) is 0 Å². The highest BCUT2D eigenvalue weighted by Crippen LogP contribution is 2.44. The number of amides is 2. The number of nitrogens with one attached hydrogen (secondary N) is 2. The Morgan fingerprint density at radius 3 is 2.09 bits per heavy atom. The summed E-state index contributed by atoms with van der Waals surface area (Å²) in [5, 5.41) is 9.77. The molecule has 0 aromatic heterocycles. The number of rotatable bonds is 15. The third-order valence-electron chi connectivity index (χ3n) is 6.45. The number of nitrogens with zero attached hydrogens (tertiary/aromatic N) is 1. The molecule has 0 saturated carbocycles. The van der Waals surface area contributed by atoms with Gasteiger partial charge in [0.2, 0.25) is 11.8 Å². The van der Waals surface area contributed by atoms with Gasteiger partial charge in [-0.3, -0.25) is 29.9 Å². The number of likely N-dealkylation sites (N-methyl/N-ethyl adjacent to an activating group) is 1. The lowest BCUT2D eigenvalue weighted by molar-refractivity contribution is -0.151. The number of Topliss-reactive ketones (excluding diaryl/α,β-unsaturated/α-hetero) is 1. The van der Waals surface area contributed by atoms with E-state index in [1.807, 2.05) is 82.9 Å². The van der Waals surface area contributed by atoms with Gasteiger partial charge in [-0.25, -0.2) is 11.3 Å². The fourth-order valence-corrected chi connectivity index (χ4v) is 4.82. The molecule has 0 aliphatic carbocycles. The predicted molar refractivity (Wildman–Crippen MR) is 139 cm³/mol. The monoisotopic (exact) mass is 488 g/mol. The van der Waals surface area contributed by atoms with Gasteiger partial charge >= 0.3 is 0 Å². The first-order valence-electron chi connectivity index (χ1n) is 12.5. The Morgan fingerprint density at radius 2 is 1.63 bits per heavy atom. The van der Waals surface area contributed by atoms with Crippen LogP contribution in [0, 0.1) is 29.1 Å². The molecule has 0 saturated heterocycles. The highest BCUT2D eigenvalue weighted by atomic mass is 16.5. The third-order valence-corrected chi connectivity index (χ3v) is 6.45. The molecular formula is C27H44N4O4. The normalized spacial score (nSPS) is 15.3. The van der Waals surface area contributed by atoms with Gasteiger partial charge in [0.1, 0.15) is 0 Å². The van der Waals surface area contributed by atoms with Gasteiger partial charge in [-0.05, 0) is 43.3 Å². The Bertz CT molecular complexity index is 837. The van der Waals surface area contributed by atoms with Gasteiger partial charge in [0.15, 0.2) is 5.78 Å². The molecule has 0 heterocycles. The van der Waals surface area contributed by atoms with Crippen molar-refractivity contribution in [2.75, 3.05) is 19.6 Å². The van der Waals surface area contributed by atoms with Gasteiger partial charge in [-0.1, -0.05) is 84.0 Å². The zero-order chi connectivity index (χ0) is 26.6. The fourth-order valence-electron chi connectivity index (χ4n) is 4.82. The number of hydrogen-bond acceptors (Lipinski definition) is 6. The van der Waals surface area contributed by atoms with Gasteiger partial charge < -0.3 is 0 Å². The average Bonchev–Trinajstić information content (AvgIpc) is 2.84. The predicted octanol–water partition coefficient (Wildman–Crippen LogP) is 3.42. The van der Waals surface area contributed by atoms with Crippen LogP contribution in [0.2, 0.25) is 0 Å². The van der Waals surface area contributed by atoms with Crippen LogP contribution in [-0.4, -0.2) is 47.3 Å². The second-order valence-corrected chi connectivity index (χ2v) is 9.97. The summed E-state index contributed by atoms with van der Waals surface area (Å²) in [7, 11) is 0. The van der Waals surface area contributed by atoms with E-state index in [0.717, 1.165) is 5.56 Å². The molecule has 0 fully saturated rings. The number of benzene rings is 1. The van der Waals surface area contributed by atoms with Crippen LogP contribution in [-0.2, 0) is 14.4 Å². The summed E-state index contributed by atoms with van der Waals surface area (Å²) in [5.74, 6) is 2.02. The minimum Gasteiger partial charge on any atom is -0.297 e. The lowest BCUT2D eigenvalue weighted by Crippen LogP contribution is -2.55. The van der Waals surface area contributed by atoms with Crippen molar-refractivity contribution in [1.82, 2.24) is 15.8 Å². The van der Waals surface area contributed by atoms with Gasteiger partial charge in [0, 0.05) is 0 Å². The molecule has 0 spiro atoms. The fraction of sp³-hybridized carbons (Fsp3) is 0.593. The van der Waals surface area contributed by atoms with E-state index in [1.165, 1.54) is 0 Å². The Balaban J connectivity index is 3.91. The maximum absolute atomic E-state index is 14.2. The topological polar surface area (TPSA) is 125 Å². The molecule has 3 atom stereocenters. The minimum absolute atomic E-state index is 0.0192. The number of carbonyl (C=O) groups is 3. The summed E-state index contributed by atoms with van der Waals surface area (Å²) >= 11 is 0.